The predicted molar refractivity (Wildman–Crippen MR) is 110 cm³/mol. The lowest BCUT2D eigenvalue weighted by atomic mass is 10.1. The molecular weight excluding hydrogens is 394 g/mol. The number of benzene rings is 2. The maximum atomic E-state index is 12.9. The molecular formula is C21H24ClN3O4. The van der Waals surface area contributed by atoms with Crippen LogP contribution in [0.2, 0.25) is 0 Å². The van der Waals surface area contributed by atoms with Gasteiger partial charge in [-0.3, -0.25) is 9.59 Å². The molecule has 154 valence electrons. The van der Waals surface area contributed by atoms with Crippen molar-refractivity contribution in [2.45, 2.75) is 24.9 Å². The van der Waals surface area contributed by atoms with Crippen molar-refractivity contribution in [2.24, 2.45) is 5.73 Å². The smallest absolute Gasteiger partial charge is 0.254 e. The van der Waals surface area contributed by atoms with E-state index in [0.29, 0.717) is 36.6 Å². The molecule has 3 N–H and O–H groups in total. The number of hydrogen-bond acceptors (Lipinski definition) is 5. The molecule has 0 bridgehead atoms. The van der Waals surface area contributed by atoms with Crippen LogP contribution in [0.5, 0.6) is 11.5 Å². The van der Waals surface area contributed by atoms with Crippen LogP contribution >= 0.6 is 12.4 Å². The second kappa shape index (κ2) is 9.15. The highest BCUT2D eigenvalue weighted by atomic mass is 35.5. The molecule has 7 nitrogen and oxygen atoms in total. The van der Waals surface area contributed by atoms with Gasteiger partial charge in [-0.25, -0.2) is 0 Å². The standard InChI is InChI=1S/C21H23N3O4.ClH/c22-16(14-5-2-1-3-6-14)12-23-20(25)17-7-4-10-24(17)21(26)15-8-9-18-19(11-15)28-13-27-18;/h1-3,5-6,8-9,11,16-17H,4,7,10,12-13,22H2,(H,23,25);1H. The van der Waals surface area contributed by atoms with Gasteiger partial charge in [0.1, 0.15) is 6.04 Å². The summed E-state index contributed by atoms with van der Waals surface area (Å²) in [7, 11) is 0. The van der Waals surface area contributed by atoms with E-state index in [4.69, 9.17) is 15.2 Å². The number of likely N-dealkylation sites (tertiary alicyclic amines) is 1. The number of rotatable bonds is 5. The quantitative estimate of drug-likeness (QED) is 0.778. The fourth-order valence-electron chi connectivity index (χ4n) is 3.62. The predicted octanol–water partition coefficient (Wildman–Crippen LogP) is 2.26. The van der Waals surface area contributed by atoms with Crippen LogP contribution in [0.25, 0.3) is 0 Å². The lowest BCUT2D eigenvalue weighted by Crippen LogP contribution is -2.47. The van der Waals surface area contributed by atoms with E-state index in [-0.39, 0.29) is 37.1 Å². The maximum Gasteiger partial charge on any atom is 0.254 e. The van der Waals surface area contributed by atoms with Gasteiger partial charge in [-0.2, -0.15) is 0 Å². The van der Waals surface area contributed by atoms with Gasteiger partial charge in [-0.05, 0) is 36.6 Å². The summed E-state index contributed by atoms with van der Waals surface area (Å²) in [5.41, 5.74) is 7.61. The third-order valence-electron chi connectivity index (χ3n) is 5.16. The Morgan fingerprint density at radius 3 is 2.69 bits per heavy atom. The minimum absolute atomic E-state index is 0. The molecule has 2 unspecified atom stereocenters. The molecule has 2 aliphatic heterocycles. The summed E-state index contributed by atoms with van der Waals surface area (Å²) < 4.78 is 10.6. The van der Waals surface area contributed by atoms with Crippen molar-refractivity contribution in [3.63, 3.8) is 0 Å². The van der Waals surface area contributed by atoms with Crippen LogP contribution in [-0.2, 0) is 4.79 Å². The molecule has 0 aromatic heterocycles. The molecule has 2 atom stereocenters. The van der Waals surface area contributed by atoms with Gasteiger partial charge in [-0.1, -0.05) is 30.3 Å². The van der Waals surface area contributed by atoms with Gasteiger partial charge in [0.05, 0.1) is 0 Å². The van der Waals surface area contributed by atoms with Crippen molar-refractivity contribution in [3.8, 4) is 11.5 Å². The summed E-state index contributed by atoms with van der Waals surface area (Å²) in [5, 5.41) is 2.90. The first-order valence-corrected chi connectivity index (χ1v) is 9.42. The monoisotopic (exact) mass is 417 g/mol. The highest BCUT2D eigenvalue weighted by Crippen LogP contribution is 2.33. The fraction of sp³-hybridized carbons (Fsp3) is 0.333. The van der Waals surface area contributed by atoms with Crippen LogP contribution in [0.1, 0.15) is 34.8 Å². The minimum atomic E-state index is -0.485. The van der Waals surface area contributed by atoms with E-state index in [1.807, 2.05) is 30.3 Å². The molecule has 2 aromatic carbocycles. The van der Waals surface area contributed by atoms with Gasteiger partial charge in [-0.15, -0.1) is 12.4 Å². The Morgan fingerprint density at radius 1 is 1.14 bits per heavy atom. The number of carbonyl (C=O) groups excluding carboxylic acids is 2. The average molecular weight is 418 g/mol. The van der Waals surface area contributed by atoms with Crippen LogP contribution in [0.15, 0.2) is 48.5 Å². The molecule has 29 heavy (non-hydrogen) atoms. The zero-order valence-electron chi connectivity index (χ0n) is 15.9. The van der Waals surface area contributed by atoms with Gasteiger partial charge in [0, 0.05) is 24.7 Å². The molecule has 0 radical (unpaired) electrons. The number of amides is 2. The van der Waals surface area contributed by atoms with Crippen molar-refractivity contribution in [2.75, 3.05) is 19.9 Å². The number of carbonyl (C=O) groups is 2. The highest BCUT2D eigenvalue weighted by Gasteiger charge is 2.35. The summed E-state index contributed by atoms with van der Waals surface area (Å²) in [6, 6.07) is 13.9. The largest absolute Gasteiger partial charge is 0.454 e. The summed E-state index contributed by atoms with van der Waals surface area (Å²) in [6.45, 7) is 1.03. The normalized spacial score (nSPS) is 18.1. The van der Waals surface area contributed by atoms with Gasteiger partial charge in [0.25, 0.3) is 5.91 Å². The number of nitrogens with zero attached hydrogens (tertiary/aromatic N) is 1. The molecule has 0 saturated carbocycles. The second-order valence-electron chi connectivity index (χ2n) is 6.99. The van der Waals surface area contributed by atoms with E-state index in [0.717, 1.165) is 12.0 Å². The SMILES string of the molecule is Cl.NC(CNC(=O)C1CCCN1C(=O)c1ccc2c(c1)OCO2)c1ccccc1. The van der Waals surface area contributed by atoms with Gasteiger partial charge < -0.3 is 25.4 Å². The van der Waals surface area contributed by atoms with Crippen LogP contribution < -0.4 is 20.5 Å². The average Bonchev–Trinajstić information content (AvgIpc) is 3.40. The first-order valence-electron chi connectivity index (χ1n) is 9.42. The Morgan fingerprint density at radius 2 is 1.90 bits per heavy atom. The molecule has 2 amide bonds. The summed E-state index contributed by atoms with van der Waals surface area (Å²) in [4.78, 5) is 27.3. The Kier molecular flexibility index (Phi) is 6.61. The van der Waals surface area contributed by atoms with Gasteiger partial charge >= 0.3 is 0 Å². The van der Waals surface area contributed by atoms with Crippen molar-refractivity contribution in [1.29, 1.82) is 0 Å². The number of fused-ring (bicyclic) bond motifs is 1. The number of nitrogens with two attached hydrogens (primary N) is 1. The second-order valence-corrected chi connectivity index (χ2v) is 6.99. The number of hydrogen-bond donors (Lipinski definition) is 2. The van der Waals surface area contributed by atoms with E-state index >= 15 is 0 Å². The molecule has 4 rings (SSSR count). The van der Waals surface area contributed by atoms with Crippen molar-refractivity contribution in [1.82, 2.24) is 10.2 Å². The molecule has 2 aromatic rings. The van der Waals surface area contributed by atoms with Crippen molar-refractivity contribution in [3.05, 3.63) is 59.7 Å². The first-order chi connectivity index (χ1) is 13.6. The zero-order valence-corrected chi connectivity index (χ0v) is 16.7. The Bertz CT molecular complexity index is 877. The Balaban J connectivity index is 0.00000240. The lowest BCUT2D eigenvalue weighted by Gasteiger charge is -2.25. The van der Waals surface area contributed by atoms with Crippen LogP contribution in [0.3, 0.4) is 0 Å². The van der Waals surface area contributed by atoms with E-state index < -0.39 is 6.04 Å². The minimum Gasteiger partial charge on any atom is -0.454 e. The molecule has 1 saturated heterocycles. The molecule has 0 aliphatic carbocycles. The van der Waals surface area contributed by atoms with Crippen LogP contribution in [0.4, 0.5) is 0 Å². The number of nitrogens with one attached hydrogen (secondary N) is 1. The lowest BCUT2D eigenvalue weighted by molar-refractivity contribution is -0.124. The molecule has 8 heteroatoms. The Hall–Kier alpha value is -2.77. The van der Waals surface area contributed by atoms with Crippen molar-refractivity contribution < 1.29 is 19.1 Å². The molecule has 0 spiro atoms. The molecule has 2 heterocycles. The fourth-order valence-corrected chi connectivity index (χ4v) is 3.62. The maximum absolute atomic E-state index is 12.9. The first kappa shape index (κ1) is 21.0. The summed E-state index contributed by atoms with van der Waals surface area (Å²) in [5.74, 6) is 0.836. The van der Waals surface area contributed by atoms with Crippen LogP contribution in [-0.4, -0.2) is 42.6 Å². The van der Waals surface area contributed by atoms with Crippen molar-refractivity contribution >= 4 is 24.2 Å². The van der Waals surface area contributed by atoms with Crippen LogP contribution in [0, 0.1) is 0 Å². The van der Waals surface area contributed by atoms with E-state index in [9.17, 15) is 9.59 Å². The topological polar surface area (TPSA) is 93.9 Å². The van der Waals surface area contributed by atoms with Gasteiger partial charge in [0.2, 0.25) is 12.7 Å². The van der Waals surface area contributed by atoms with E-state index in [1.54, 1.807) is 23.1 Å². The highest BCUT2D eigenvalue weighted by molar-refractivity contribution is 5.98. The summed E-state index contributed by atoms with van der Waals surface area (Å²) >= 11 is 0. The number of ether oxygens (including phenoxy) is 2. The Labute approximate surface area is 175 Å². The number of halogens is 1. The third kappa shape index (κ3) is 4.46. The summed E-state index contributed by atoms with van der Waals surface area (Å²) in [6.07, 6.45) is 1.43. The third-order valence-corrected chi connectivity index (χ3v) is 5.16. The molecule has 2 aliphatic rings. The van der Waals surface area contributed by atoms with E-state index in [1.165, 1.54) is 0 Å². The zero-order chi connectivity index (χ0) is 19.5. The van der Waals surface area contributed by atoms with E-state index in [2.05, 4.69) is 5.32 Å². The van der Waals surface area contributed by atoms with Gasteiger partial charge in [0.15, 0.2) is 11.5 Å². The molecule has 1 fully saturated rings.